The summed E-state index contributed by atoms with van der Waals surface area (Å²) in [5, 5.41) is 3.21. The monoisotopic (exact) mass is 237 g/mol. The van der Waals surface area contributed by atoms with Crippen LogP contribution < -0.4 is 11.1 Å². The summed E-state index contributed by atoms with van der Waals surface area (Å²) >= 11 is 0. The fourth-order valence-electron chi connectivity index (χ4n) is 2.02. The van der Waals surface area contributed by atoms with Crippen molar-refractivity contribution in [3.63, 3.8) is 0 Å². The molecule has 1 saturated heterocycles. The first-order chi connectivity index (χ1) is 8.16. The van der Waals surface area contributed by atoms with E-state index in [1.54, 1.807) is 6.20 Å². The van der Waals surface area contributed by atoms with Crippen molar-refractivity contribution in [3.05, 3.63) is 17.7 Å². The van der Waals surface area contributed by atoms with E-state index in [1.165, 1.54) is 0 Å². The zero-order valence-electron chi connectivity index (χ0n) is 10.1. The first-order valence-electron chi connectivity index (χ1n) is 5.92. The number of aryl methyl sites for hydroxylation is 1. The number of nitrogens with one attached hydrogen (secondary N) is 2. The number of nitrogens with two attached hydrogens (primary N) is 1. The van der Waals surface area contributed by atoms with Crippen molar-refractivity contribution in [2.45, 2.75) is 19.4 Å². The van der Waals surface area contributed by atoms with Crippen LogP contribution >= 0.6 is 0 Å². The van der Waals surface area contributed by atoms with Crippen LogP contribution in [0.15, 0.2) is 6.20 Å². The number of aromatic amines is 1. The maximum Gasteiger partial charge on any atom is 0.239 e. The zero-order chi connectivity index (χ0) is 12.3. The lowest BCUT2D eigenvalue weighted by atomic mass is 10.1. The molecule has 1 aliphatic rings. The number of aromatic nitrogens is 2. The van der Waals surface area contributed by atoms with Gasteiger partial charge >= 0.3 is 0 Å². The highest BCUT2D eigenvalue weighted by molar-refractivity contribution is 5.82. The Morgan fingerprint density at radius 1 is 1.59 bits per heavy atom. The third-order valence-corrected chi connectivity index (χ3v) is 2.94. The van der Waals surface area contributed by atoms with Crippen molar-refractivity contribution in [2.24, 2.45) is 5.73 Å². The van der Waals surface area contributed by atoms with E-state index in [9.17, 15) is 4.79 Å². The Hall–Kier alpha value is -1.40. The van der Waals surface area contributed by atoms with E-state index >= 15 is 0 Å². The van der Waals surface area contributed by atoms with E-state index in [0.29, 0.717) is 6.42 Å². The minimum Gasteiger partial charge on any atom is -0.346 e. The number of hydrogen-bond donors (Lipinski definition) is 3. The molecule has 1 fully saturated rings. The lowest BCUT2D eigenvalue weighted by molar-refractivity contribution is -0.133. The summed E-state index contributed by atoms with van der Waals surface area (Å²) in [5.74, 6) is 0.876. The van der Waals surface area contributed by atoms with Crippen molar-refractivity contribution in [3.8, 4) is 0 Å². The molecular weight excluding hydrogens is 218 g/mol. The fourth-order valence-corrected chi connectivity index (χ4v) is 2.02. The van der Waals surface area contributed by atoms with Crippen LogP contribution in [-0.4, -0.2) is 53.0 Å². The highest BCUT2D eigenvalue weighted by Gasteiger charge is 2.22. The van der Waals surface area contributed by atoms with E-state index in [2.05, 4.69) is 15.3 Å². The lowest BCUT2D eigenvalue weighted by Gasteiger charge is -2.29. The Labute approximate surface area is 101 Å². The molecule has 1 aromatic rings. The van der Waals surface area contributed by atoms with Gasteiger partial charge < -0.3 is 20.9 Å². The van der Waals surface area contributed by atoms with E-state index < -0.39 is 6.04 Å². The number of rotatable bonds is 3. The van der Waals surface area contributed by atoms with Gasteiger partial charge in [-0.05, 0) is 6.92 Å². The highest BCUT2D eigenvalue weighted by Crippen LogP contribution is 2.03. The largest absolute Gasteiger partial charge is 0.346 e. The summed E-state index contributed by atoms with van der Waals surface area (Å²) in [6, 6.07) is -0.479. The Morgan fingerprint density at radius 3 is 2.88 bits per heavy atom. The summed E-state index contributed by atoms with van der Waals surface area (Å²) in [6.45, 7) is 5.07. The molecule has 0 radical (unpaired) electrons. The van der Waals surface area contributed by atoms with Gasteiger partial charge in [0, 0.05) is 44.5 Å². The second-order valence-electron chi connectivity index (χ2n) is 4.38. The summed E-state index contributed by atoms with van der Waals surface area (Å²) < 4.78 is 0. The van der Waals surface area contributed by atoms with Crippen molar-refractivity contribution >= 4 is 5.91 Å². The summed E-state index contributed by atoms with van der Waals surface area (Å²) in [5.41, 5.74) is 6.85. The predicted octanol–water partition coefficient (Wildman–Crippen LogP) is -0.980. The van der Waals surface area contributed by atoms with Crippen LogP contribution in [0.1, 0.15) is 11.5 Å². The SMILES string of the molecule is Cc1ncc(CC(N)C(=O)N2CCNCC2)[nH]1. The van der Waals surface area contributed by atoms with Crippen LogP contribution in [0, 0.1) is 6.92 Å². The van der Waals surface area contributed by atoms with Crippen LogP contribution in [0.25, 0.3) is 0 Å². The molecule has 0 bridgehead atoms. The number of carbonyl (C=O) groups is 1. The first-order valence-corrected chi connectivity index (χ1v) is 5.92. The molecule has 1 unspecified atom stereocenters. The van der Waals surface area contributed by atoms with Crippen LogP contribution in [0.4, 0.5) is 0 Å². The maximum absolute atomic E-state index is 12.0. The number of hydrogen-bond acceptors (Lipinski definition) is 4. The first kappa shape index (κ1) is 12.1. The molecule has 6 heteroatoms. The number of H-pyrrole nitrogens is 1. The van der Waals surface area contributed by atoms with Gasteiger partial charge in [-0.1, -0.05) is 0 Å². The molecule has 2 heterocycles. The molecule has 17 heavy (non-hydrogen) atoms. The van der Waals surface area contributed by atoms with E-state index in [0.717, 1.165) is 37.7 Å². The van der Waals surface area contributed by atoms with Gasteiger partial charge in [0.15, 0.2) is 0 Å². The number of carbonyl (C=O) groups excluding carboxylic acids is 1. The Bertz CT molecular complexity index is 383. The average Bonchev–Trinajstić information content (AvgIpc) is 2.75. The normalized spacial score (nSPS) is 18.1. The van der Waals surface area contributed by atoms with Gasteiger partial charge in [-0.3, -0.25) is 4.79 Å². The summed E-state index contributed by atoms with van der Waals surface area (Å²) in [6.07, 6.45) is 2.25. The van der Waals surface area contributed by atoms with E-state index in [1.807, 2.05) is 11.8 Å². The second kappa shape index (κ2) is 5.29. The molecule has 0 aliphatic carbocycles. The summed E-state index contributed by atoms with van der Waals surface area (Å²) in [7, 11) is 0. The molecular formula is C11H19N5O. The smallest absolute Gasteiger partial charge is 0.239 e. The van der Waals surface area contributed by atoms with E-state index in [-0.39, 0.29) is 5.91 Å². The number of piperazine rings is 1. The Kier molecular flexibility index (Phi) is 3.75. The van der Waals surface area contributed by atoms with Gasteiger partial charge in [0.1, 0.15) is 5.82 Å². The zero-order valence-corrected chi connectivity index (χ0v) is 10.1. The minimum atomic E-state index is -0.479. The molecule has 1 aromatic heterocycles. The van der Waals surface area contributed by atoms with Gasteiger partial charge in [-0.15, -0.1) is 0 Å². The van der Waals surface area contributed by atoms with Gasteiger partial charge in [0.25, 0.3) is 0 Å². The van der Waals surface area contributed by atoms with Gasteiger partial charge in [0.2, 0.25) is 5.91 Å². The van der Waals surface area contributed by atoms with Crippen LogP contribution in [0.5, 0.6) is 0 Å². The van der Waals surface area contributed by atoms with Crippen LogP contribution in [0.3, 0.4) is 0 Å². The molecule has 0 saturated carbocycles. The van der Waals surface area contributed by atoms with Gasteiger partial charge in [0.05, 0.1) is 6.04 Å². The van der Waals surface area contributed by atoms with Crippen molar-refractivity contribution in [2.75, 3.05) is 26.2 Å². The highest BCUT2D eigenvalue weighted by atomic mass is 16.2. The quantitative estimate of drug-likeness (QED) is 0.630. The molecule has 2 rings (SSSR count). The van der Waals surface area contributed by atoms with Crippen LogP contribution in [0.2, 0.25) is 0 Å². The van der Waals surface area contributed by atoms with Crippen LogP contribution in [-0.2, 0) is 11.2 Å². The molecule has 1 amide bonds. The van der Waals surface area contributed by atoms with Crippen molar-refractivity contribution in [1.29, 1.82) is 0 Å². The molecule has 0 aromatic carbocycles. The number of imidazole rings is 1. The standard InChI is InChI=1S/C11H19N5O/c1-8-14-7-9(15-8)6-10(12)11(17)16-4-2-13-3-5-16/h7,10,13H,2-6,12H2,1H3,(H,14,15). The third kappa shape index (κ3) is 3.04. The fraction of sp³-hybridized carbons (Fsp3) is 0.636. The molecule has 1 aliphatic heterocycles. The predicted molar refractivity (Wildman–Crippen MR) is 64.5 cm³/mol. The Balaban J connectivity index is 1.90. The molecule has 1 atom stereocenters. The average molecular weight is 237 g/mol. The molecule has 4 N–H and O–H groups in total. The molecule has 94 valence electrons. The van der Waals surface area contributed by atoms with Crippen molar-refractivity contribution in [1.82, 2.24) is 20.2 Å². The molecule has 0 spiro atoms. The summed E-state index contributed by atoms with van der Waals surface area (Å²) in [4.78, 5) is 21.1. The van der Waals surface area contributed by atoms with E-state index in [4.69, 9.17) is 5.73 Å². The topological polar surface area (TPSA) is 87.0 Å². The van der Waals surface area contributed by atoms with Gasteiger partial charge in [-0.25, -0.2) is 4.98 Å². The number of amides is 1. The maximum atomic E-state index is 12.0. The lowest BCUT2D eigenvalue weighted by Crippen LogP contribution is -2.52. The second-order valence-corrected chi connectivity index (χ2v) is 4.38. The minimum absolute atomic E-state index is 0.0266. The number of nitrogens with zero attached hydrogens (tertiary/aromatic N) is 2. The third-order valence-electron chi connectivity index (χ3n) is 2.94. The van der Waals surface area contributed by atoms with Gasteiger partial charge in [-0.2, -0.15) is 0 Å². The Morgan fingerprint density at radius 2 is 2.29 bits per heavy atom. The molecule has 6 nitrogen and oxygen atoms in total. The van der Waals surface area contributed by atoms with Crippen molar-refractivity contribution < 1.29 is 4.79 Å².